The van der Waals surface area contributed by atoms with Crippen LogP contribution < -0.4 is 5.32 Å². The number of halogens is 14. The van der Waals surface area contributed by atoms with Gasteiger partial charge in [0.1, 0.15) is 0 Å². The Morgan fingerprint density at radius 3 is 1.78 bits per heavy atom. The Morgan fingerprint density at radius 1 is 0.703 bits per heavy atom. The van der Waals surface area contributed by atoms with E-state index in [-0.39, 0.29) is 22.2 Å². The van der Waals surface area contributed by atoms with Gasteiger partial charge in [0.15, 0.2) is 0 Å². The molecule has 1 amide bonds. The molecule has 0 aliphatic heterocycles. The molecule has 1 N–H and O–H groups in total. The zero-order chi connectivity index (χ0) is 28.7. The molecule has 0 saturated heterocycles. The first-order valence-corrected chi connectivity index (χ1v) is 9.86. The molecule has 0 aliphatic carbocycles. The maximum Gasteiger partial charge on any atom is 0.527 e. The quantitative estimate of drug-likeness (QED) is 0.290. The molecule has 18 heteroatoms. The Morgan fingerprint density at radius 2 is 1.24 bits per heavy atom. The fourth-order valence-electron chi connectivity index (χ4n) is 2.47. The Hall–Kier alpha value is -2.60. The van der Waals surface area contributed by atoms with E-state index in [9.17, 15) is 61.9 Å². The number of nitrogens with one attached hydrogen (secondary N) is 1. The van der Waals surface area contributed by atoms with Gasteiger partial charge in [-0.1, -0.05) is 24.3 Å². The second kappa shape index (κ2) is 9.94. The van der Waals surface area contributed by atoms with Crippen molar-refractivity contribution in [1.82, 2.24) is 0 Å². The minimum Gasteiger partial charge on any atom is -0.322 e. The molecule has 0 aliphatic rings. The molecule has 0 spiro atoms. The number of alkyl halides is 13. The van der Waals surface area contributed by atoms with Crippen molar-refractivity contribution in [1.29, 1.82) is 0 Å². The summed E-state index contributed by atoms with van der Waals surface area (Å²) in [6.07, 6.45) is -28.0. The highest BCUT2D eigenvalue weighted by Gasteiger charge is 2.80. The molecule has 0 radical (unpaired) electrons. The summed E-state index contributed by atoms with van der Waals surface area (Å²) in [4.78, 5) is 12.2. The van der Waals surface area contributed by atoms with Gasteiger partial charge in [-0.05, 0) is 40.2 Å². The minimum absolute atomic E-state index is 0.0720. The molecule has 0 atom stereocenters. The molecule has 0 bridgehead atoms. The minimum atomic E-state index is -7.52. The van der Waals surface area contributed by atoms with E-state index in [1.54, 1.807) is 0 Å². The van der Waals surface area contributed by atoms with Crippen LogP contribution in [0.15, 0.2) is 53.0 Å². The summed E-state index contributed by atoms with van der Waals surface area (Å²) in [6, 6.07) is 7.22. The fourth-order valence-corrected chi connectivity index (χ4v) is 2.94. The maximum atomic E-state index is 14.4. The molecule has 206 valence electrons. The van der Waals surface area contributed by atoms with E-state index in [0.717, 1.165) is 6.07 Å². The lowest BCUT2D eigenvalue weighted by molar-refractivity contribution is -0.535. The standard InChI is InChI=1S/C19H9BrF13NO3/c20-12-7-2-1-6-11(12)13(35)34-10-5-3-4-9(8-10)14(21,22)16(25,26)36-17(27,28)15(23,24)18(29,30)37-19(31,32)33/h1-8H,(H,34,35). The highest BCUT2D eigenvalue weighted by molar-refractivity contribution is 9.10. The molecule has 0 unspecified atom stereocenters. The van der Waals surface area contributed by atoms with Gasteiger partial charge < -0.3 is 5.32 Å². The van der Waals surface area contributed by atoms with Crippen LogP contribution in [0.3, 0.4) is 0 Å². The zero-order valence-electron chi connectivity index (χ0n) is 17.1. The van der Waals surface area contributed by atoms with E-state index >= 15 is 0 Å². The topological polar surface area (TPSA) is 47.6 Å². The molecule has 0 heterocycles. The van der Waals surface area contributed by atoms with E-state index in [1.165, 1.54) is 29.0 Å². The van der Waals surface area contributed by atoms with Crippen molar-refractivity contribution >= 4 is 27.5 Å². The van der Waals surface area contributed by atoms with Crippen LogP contribution in [0.2, 0.25) is 0 Å². The smallest absolute Gasteiger partial charge is 0.322 e. The van der Waals surface area contributed by atoms with Gasteiger partial charge in [-0.15, -0.1) is 13.2 Å². The predicted molar refractivity (Wildman–Crippen MR) is 100 cm³/mol. The molecule has 0 fully saturated rings. The van der Waals surface area contributed by atoms with Crippen LogP contribution >= 0.6 is 15.9 Å². The average molecular weight is 626 g/mol. The van der Waals surface area contributed by atoms with Crippen molar-refractivity contribution < 1.29 is 71.3 Å². The second-order valence-corrected chi connectivity index (χ2v) is 7.72. The first-order chi connectivity index (χ1) is 16.5. The molecule has 2 aromatic carbocycles. The van der Waals surface area contributed by atoms with Crippen molar-refractivity contribution in [3.63, 3.8) is 0 Å². The first-order valence-electron chi connectivity index (χ1n) is 9.07. The number of hydrogen-bond donors (Lipinski definition) is 1. The number of anilines is 1. The molecule has 37 heavy (non-hydrogen) atoms. The molecule has 0 aromatic heterocycles. The third-order valence-electron chi connectivity index (χ3n) is 4.20. The van der Waals surface area contributed by atoms with Crippen molar-refractivity contribution in [3.05, 3.63) is 64.1 Å². The number of ether oxygens (including phenoxy) is 2. The number of rotatable bonds is 9. The van der Waals surface area contributed by atoms with Crippen LogP contribution in [0.1, 0.15) is 15.9 Å². The van der Waals surface area contributed by atoms with Gasteiger partial charge in [-0.2, -0.15) is 43.9 Å². The van der Waals surface area contributed by atoms with Gasteiger partial charge in [-0.3, -0.25) is 4.79 Å². The molecule has 4 nitrogen and oxygen atoms in total. The van der Waals surface area contributed by atoms with Crippen LogP contribution in [0.25, 0.3) is 0 Å². The second-order valence-electron chi connectivity index (χ2n) is 6.86. The Bertz CT molecular complexity index is 1140. The molecule has 2 aromatic rings. The summed E-state index contributed by atoms with van der Waals surface area (Å²) >= 11 is 3.00. The van der Waals surface area contributed by atoms with E-state index in [4.69, 9.17) is 0 Å². The fraction of sp³-hybridized carbons (Fsp3) is 0.316. The summed E-state index contributed by atoms with van der Waals surface area (Å²) in [7, 11) is 0. The number of carbonyl (C=O) groups is 1. The third kappa shape index (κ3) is 6.46. The van der Waals surface area contributed by atoms with E-state index in [0.29, 0.717) is 6.07 Å². The van der Waals surface area contributed by atoms with Crippen LogP contribution in [0.5, 0.6) is 0 Å². The molecule has 2 rings (SSSR count). The van der Waals surface area contributed by atoms with Gasteiger partial charge in [0, 0.05) is 15.7 Å². The number of carbonyl (C=O) groups excluding carboxylic acids is 1. The van der Waals surface area contributed by atoms with Crippen LogP contribution in [0.4, 0.5) is 62.8 Å². The van der Waals surface area contributed by atoms with Gasteiger partial charge in [0.2, 0.25) is 0 Å². The summed E-state index contributed by atoms with van der Waals surface area (Å²) in [5, 5.41) is 2.00. The average Bonchev–Trinajstić information content (AvgIpc) is 2.71. The van der Waals surface area contributed by atoms with Gasteiger partial charge in [0.25, 0.3) is 5.91 Å². The summed E-state index contributed by atoms with van der Waals surface area (Å²) in [5.41, 5.74) is -2.66. The molecule has 0 saturated carbocycles. The van der Waals surface area contributed by atoms with Crippen LogP contribution in [-0.4, -0.2) is 36.5 Å². The monoisotopic (exact) mass is 625 g/mol. The van der Waals surface area contributed by atoms with Crippen molar-refractivity contribution in [2.24, 2.45) is 0 Å². The summed E-state index contributed by atoms with van der Waals surface area (Å²) in [6.45, 7) is 0. The zero-order valence-corrected chi connectivity index (χ0v) is 18.7. The van der Waals surface area contributed by atoms with E-state index in [1.807, 2.05) is 10.1 Å². The third-order valence-corrected chi connectivity index (χ3v) is 4.89. The van der Waals surface area contributed by atoms with E-state index < -0.39 is 53.7 Å². The lowest BCUT2D eigenvalue weighted by atomic mass is 10.1. The number of hydrogen-bond acceptors (Lipinski definition) is 3. The Balaban J connectivity index is 2.34. The van der Waals surface area contributed by atoms with Gasteiger partial charge in [0.05, 0.1) is 5.56 Å². The van der Waals surface area contributed by atoms with Gasteiger partial charge in [-0.25, -0.2) is 9.47 Å². The van der Waals surface area contributed by atoms with Crippen molar-refractivity contribution in [3.8, 4) is 0 Å². The normalized spacial score (nSPS) is 14.0. The van der Waals surface area contributed by atoms with Crippen LogP contribution in [0, 0.1) is 0 Å². The van der Waals surface area contributed by atoms with Crippen molar-refractivity contribution in [2.75, 3.05) is 5.32 Å². The summed E-state index contributed by atoms with van der Waals surface area (Å²) < 4.78 is 176. The Labute approximate surface area is 205 Å². The largest absolute Gasteiger partial charge is 0.527 e. The molecular formula is C19H9BrF13NO3. The number of benzene rings is 2. The lowest BCUT2D eigenvalue weighted by Gasteiger charge is -2.35. The first kappa shape index (κ1) is 30.6. The van der Waals surface area contributed by atoms with Gasteiger partial charge >= 0.3 is 36.5 Å². The summed E-state index contributed by atoms with van der Waals surface area (Å²) in [5.74, 6) is -14.5. The Kier molecular flexibility index (Phi) is 8.22. The molecular weight excluding hydrogens is 617 g/mol. The van der Waals surface area contributed by atoms with E-state index in [2.05, 4.69) is 15.9 Å². The lowest BCUT2D eigenvalue weighted by Crippen LogP contribution is -2.61. The predicted octanol–water partition coefficient (Wildman–Crippen LogP) is 7.76. The maximum absolute atomic E-state index is 14.4. The SMILES string of the molecule is O=C(Nc1cccc(C(F)(F)C(F)(F)OC(F)(F)C(F)(F)C(F)(F)OC(F)(F)F)c1)c1ccccc1Br. The highest BCUT2D eigenvalue weighted by Crippen LogP contribution is 2.54. The highest BCUT2D eigenvalue weighted by atomic mass is 79.9. The van der Waals surface area contributed by atoms with Crippen molar-refractivity contribution in [2.45, 2.75) is 36.5 Å². The van der Waals surface area contributed by atoms with Crippen LogP contribution in [-0.2, 0) is 15.4 Å². The number of amides is 1.